The van der Waals surface area contributed by atoms with Crippen molar-refractivity contribution in [1.29, 1.82) is 0 Å². The molecule has 0 spiro atoms. The molecule has 6 nitrogen and oxygen atoms in total. The molecule has 2 saturated heterocycles. The Morgan fingerprint density at radius 1 is 0.714 bits per heavy atom. The number of rotatable bonds is 12. The summed E-state index contributed by atoms with van der Waals surface area (Å²) in [5.41, 5.74) is 0. The van der Waals surface area contributed by atoms with Crippen LogP contribution in [0.4, 0.5) is 0 Å². The summed E-state index contributed by atoms with van der Waals surface area (Å²) in [5, 5.41) is 0. The SMILES string of the molecule is c1cc(OCCCOC2CCCCO2)cc(OCCCOC2CCCCO2)c1. The molecule has 0 N–H and O–H groups in total. The van der Waals surface area contributed by atoms with E-state index in [1.807, 2.05) is 24.3 Å². The third kappa shape index (κ3) is 8.35. The summed E-state index contributed by atoms with van der Waals surface area (Å²) in [5.74, 6) is 1.64. The largest absolute Gasteiger partial charge is 0.493 e. The van der Waals surface area contributed by atoms with Gasteiger partial charge in [0.2, 0.25) is 0 Å². The van der Waals surface area contributed by atoms with Gasteiger partial charge >= 0.3 is 0 Å². The Morgan fingerprint density at radius 2 is 1.25 bits per heavy atom. The smallest absolute Gasteiger partial charge is 0.157 e. The van der Waals surface area contributed by atoms with E-state index in [0.29, 0.717) is 26.4 Å². The zero-order chi connectivity index (χ0) is 19.3. The molecule has 0 saturated carbocycles. The zero-order valence-electron chi connectivity index (χ0n) is 16.8. The summed E-state index contributed by atoms with van der Waals surface area (Å²) in [6, 6.07) is 7.77. The van der Waals surface area contributed by atoms with E-state index in [1.165, 1.54) is 12.8 Å². The standard InChI is InChI=1S/C22H34O6/c1-3-12-25-21(10-1)27-16-6-14-23-19-8-5-9-20(18-19)24-15-7-17-28-22-11-2-4-13-26-22/h5,8-9,18,21-22H,1-4,6-7,10-17H2. The minimum atomic E-state index is -0.0286. The van der Waals surface area contributed by atoms with Crippen molar-refractivity contribution in [3.63, 3.8) is 0 Å². The average molecular weight is 395 g/mol. The molecule has 28 heavy (non-hydrogen) atoms. The van der Waals surface area contributed by atoms with E-state index in [4.69, 9.17) is 28.4 Å². The van der Waals surface area contributed by atoms with Gasteiger partial charge in [-0.15, -0.1) is 0 Å². The molecule has 1 aromatic rings. The molecule has 158 valence electrons. The normalized spacial score (nSPS) is 22.7. The first kappa shape index (κ1) is 21.4. The highest BCUT2D eigenvalue weighted by atomic mass is 16.7. The lowest BCUT2D eigenvalue weighted by atomic mass is 10.2. The van der Waals surface area contributed by atoms with Crippen LogP contribution in [0.25, 0.3) is 0 Å². The lowest BCUT2D eigenvalue weighted by Gasteiger charge is -2.22. The Hall–Kier alpha value is -1.34. The van der Waals surface area contributed by atoms with Gasteiger partial charge in [0.1, 0.15) is 11.5 Å². The summed E-state index contributed by atoms with van der Waals surface area (Å²) in [4.78, 5) is 0. The molecule has 2 aliphatic rings. The van der Waals surface area contributed by atoms with Crippen molar-refractivity contribution in [2.24, 2.45) is 0 Å². The first-order chi connectivity index (χ1) is 13.9. The third-order valence-electron chi connectivity index (χ3n) is 4.80. The van der Waals surface area contributed by atoms with Crippen LogP contribution in [-0.2, 0) is 18.9 Å². The van der Waals surface area contributed by atoms with E-state index in [9.17, 15) is 0 Å². The summed E-state index contributed by atoms with van der Waals surface area (Å²) in [6.45, 7) is 4.18. The van der Waals surface area contributed by atoms with Gasteiger partial charge < -0.3 is 28.4 Å². The molecule has 0 bridgehead atoms. The highest BCUT2D eigenvalue weighted by Gasteiger charge is 2.14. The Balaban J connectivity index is 1.23. The third-order valence-corrected chi connectivity index (χ3v) is 4.80. The van der Waals surface area contributed by atoms with Crippen LogP contribution in [0.2, 0.25) is 0 Å². The lowest BCUT2D eigenvalue weighted by Crippen LogP contribution is -2.23. The molecule has 0 amide bonds. The Labute approximate surface area is 168 Å². The van der Waals surface area contributed by atoms with Gasteiger partial charge in [0, 0.05) is 32.1 Å². The van der Waals surface area contributed by atoms with E-state index < -0.39 is 0 Å². The second kappa shape index (κ2) is 13.0. The van der Waals surface area contributed by atoms with E-state index in [2.05, 4.69) is 0 Å². The molecule has 0 radical (unpaired) electrons. The maximum atomic E-state index is 5.80. The molecular formula is C22H34O6. The number of benzene rings is 1. The maximum Gasteiger partial charge on any atom is 0.157 e. The molecule has 1 aromatic carbocycles. The van der Waals surface area contributed by atoms with E-state index >= 15 is 0 Å². The predicted octanol–water partition coefficient (Wildman–Crippen LogP) is 4.31. The van der Waals surface area contributed by atoms with Gasteiger partial charge in [-0.2, -0.15) is 0 Å². The van der Waals surface area contributed by atoms with E-state index in [0.717, 1.165) is 63.2 Å². The molecular weight excluding hydrogens is 360 g/mol. The Morgan fingerprint density at radius 3 is 1.71 bits per heavy atom. The molecule has 0 aromatic heterocycles. The van der Waals surface area contributed by atoms with Crippen molar-refractivity contribution < 1.29 is 28.4 Å². The second-order valence-corrected chi connectivity index (χ2v) is 7.21. The molecule has 0 aliphatic carbocycles. The van der Waals surface area contributed by atoms with Crippen LogP contribution in [0.3, 0.4) is 0 Å². The number of hydrogen-bond donors (Lipinski definition) is 0. The fourth-order valence-electron chi connectivity index (χ4n) is 3.27. The van der Waals surface area contributed by atoms with Crippen LogP contribution in [0.5, 0.6) is 11.5 Å². The van der Waals surface area contributed by atoms with Crippen LogP contribution in [0.15, 0.2) is 24.3 Å². The van der Waals surface area contributed by atoms with E-state index in [1.54, 1.807) is 0 Å². The Kier molecular flexibility index (Phi) is 9.91. The van der Waals surface area contributed by atoms with Crippen LogP contribution in [-0.4, -0.2) is 52.2 Å². The van der Waals surface area contributed by atoms with Crippen molar-refractivity contribution in [3.05, 3.63) is 24.3 Å². The highest BCUT2D eigenvalue weighted by molar-refractivity contribution is 5.32. The van der Waals surface area contributed by atoms with Crippen molar-refractivity contribution in [2.45, 2.75) is 63.9 Å². The minimum Gasteiger partial charge on any atom is -0.493 e. The molecule has 2 fully saturated rings. The molecule has 2 heterocycles. The average Bonchev–Trinajstić information content (AvgIpc) is 2.75. The second-order valence-electron chi connectivity index (χ2n) is 7.21. The van der Waals surface area contributed by atoms with Gasteiger partial charge in [-0.25, -0.2) is 0 Å². The van der Waals surface area contributed by atoms with Gasteiger partial charge in [-0.1, -0.05) is 6.07 Å². The molecule has 2 unspecified atom stereocenters. The highest BCUT2D eigenvalue weighted by Crippen LogP contribution is 2.20. The van der Waals surface area contributed by atoms with Crippen molar-refractivity contribution in [3.8, 4) is 11.5 Å². The number of hydrogen-bond acceptors (Lipinski definition) is 6. The van der Waals surface area contributed by atoms with Crippen molar-refractivity contribution in [2.75, 3.05) is 39.6 Å². The fourth-order valence-corrected chi connectivity index (χ4v) is 3.27. The van der Waals surface area contributed by atoms with Crippen LogP contribution in [0, 0.1) is 0 Å². The first-order valence-corrected chi connectivity index (χ1v) is 10.7. The van der Waals surface area contributed by atoms with Gasteiger partial charge in [0.05, 0.1) is 26.4 Å². The molecule has 6 heteroatoms. The lowest BCUT2D eigenvalue weighted by molar-refractivity contribution is -0.163. The van der Waals surface area contributed by atoms with Crippen LogP contribution < -0.4 is 9.47 Å². The Bertz CT molecular complexity index is 482. The maximum absolute atomic E-state index is 5.80. The first-order valence-electron chi connectivity index (χ1n) is 10.7. The van der Waals surface area contributed by atoms with Gasteiger partial charge in [-0.3, -0.25) is 0 Å². The van der Waals surface area contributed by atoms with Gasteiger partial charge in [0.15, 0.2) is 12.6 Å². The fraction of sp³-hybridized carbons (Fsp3) is 0.727. The van der Waals surface area contributed by atoms with Crippen LogP contribution >= 0.6 is 0 Å². The molecule has 3 rings (SSSR count). The van der Waals surface area contributed by atoms with E-state index in [-0.39, 0.29) is 12.6 Å². The summed E-state index contributed by atoms with van der Waals surface area (Å²) >= 11 is 0. The minimum absolute atomic E-state index is 0.0286. The summed E-state index contributed by atoms with van der Waals surface area (Å²) in [6.07, 6.45) is 8.28. The number of ether oxygens (including phenoxy) is 6. The van der Waals surface area contributed by atoms with Crippen molar-refractivity contribution >= 4 is 0 Å². The summed E-state index contributed by atoms with van der Waals surface area (Å²) in [7, 11) is 0. The predicted molar refractivity (Wildman–Crippen MR) is 106 cm³/mol. The van der Waals surface area contributed by atoms with Crippen LogP contribution in [0.1, 0.15) is 51.4 Å². The van der Waals surface area contributed by atoms with Gasteiger partial charge in [0.25, 0.3) is 0 Å². The topological polar surface area (TPSA) is 55.4 Å². The zero-order valence-corrected chi connectivity index (χ0v) is 16.8. The monoisotopic (exact) mass is 394 g/mol. The quantitative estimate of drug-likeness (QED) is 0.493. The molecule has 2 atom stereocenters. The summed E-state index contributed by atoms with van der Waals surface area (Å²) < 4.78 is 34.1. The van der Waals surface area contributed by atoms with Crippen molar-refractivity contribution in [1.82, 2.24) is 0 Å². The van der Waals surface area contributed by atoms with Gasteiger partial charge in [-0.05, 0) is 50.7 Å². The molecule has 2 aliphatic heterocycles.